The van der Waals surface area contributed by atoms with Gasteiger partial charge in [-0.1, -0.05) is 12.1 Å². The van der Waals surface area contributed by atoms with Gasteiger partial charge in [-0.2, -0.15) is 4.98 Å². The summed E-state index contributed by atoms with van der Waals surface area (Å²) in [6, 6.07) is 3.02. The van der Waals surface area contributed by atoms with Crippen molar-refractivity contribution < 1.29 is 17.4 Å². The predicted molar refractivity (Wildman–Crippen MR) is 64.4 cm³/mol. The van der Waals surface area contributed by atoms with Crippen molar-refractivity contribution in [3.8, 4) is 0 Å². The van der Waals surface area contributed by atoms with Crippen molar-refractivity contribution in [3.05, 3.63) is 30.1 Å². The lowest BCUT2D eigenvalue weighted by atomic mass is 10.4. The number of hydrogen-bond acceptors (Lipinski definition) is 7. The van der Waals surface area contributed by atoms with Crippen LogP contribution in [-0.2, 0) is 23.1 Å². The van der Waals surface area contributed by atoms with E-state index in [4.69, 9.17) is 4.42 Å². The van der Waals surface area contributed by atoms with Crippen LogP contribution in [0, 0.1) is 0 Å². The second-order valence-corrected chi connectivity index (χ2v) is 5.37. The average Bonchev–Trinajstić information content (AvgIpc) is 3.05. The first-order valence-electron chi connectivity index (χ1n) is 5.66. The molecule has 0 amide bonds. The molecule has 0 saturated heterocycles. The fourth-order valence-electron chi connectivity index (χ4n) is 1.35. The molecule has 2 heterocycles. The van der Waals surface area contributed by atoms with E-state index in [0.29, 0.717) is 12.3 Å². The molecule has 0 bridgehead atoms. The Morgan fingerprint density at radius 1 is 1.32 bits per heavy atom. The van der Waals surface area contributed by atoms with Crippen LogP contribution in [0.1, 0.15) is 18.5 Å². The SMILES string of the molecule is CCNCc1ccc(S(=O)(=O)NCc2ncon2)o1. The molecule has 9 heteroatoms. The minimum atomic E-state index is -3.71. The van der Waals surface area contributed by atoms with Gasteiger partial charge >= 0.3 is 0 Å². The maximum atomic E-state index is 11.9. The first-order valence-corrected chi connectivity index (χ1v) is 7.14. The molecule has 0 aromatic carbocycles. The molecule has 19 heavy (non-hydrogen) atoms. The van der Waals surface area contributed by atoms with Gasteiger partial charge in [0.2, 0.25) is 11.5 Å². The normalized spacial score (nSPS) is 11.8. The van der Waals surface area contributed by atoms with Gasteiger partial charge in [0.15, 0.2) is 5.82 Å². The quantitative estimate of drug-likeness (QED) is 0.750. The number of aromatic nitrogens is 2. The Hall–Kier alpha value is -1.71. The molecule has 0 atom stereocenters. The summed E-state index contributed by atoms with van der Waals surface area (Å²) in [4.78, 5) is 3.71. The van der Waals surface area contributed by atoms with E-state index >= 15 is 0 Å². The van der Waals surface area contributed by atoms with Crippen LogP contribution in [0.4, 0.5) is 0 Å². The van der Waals surface area contributed by atoms with E-state index in [1.54, 1.807) is 6.07 Å². The molecule has 0 unspecified atom stereocenters. The number of rotatable bonds is 7. The Morgan fingerprint density at radius 3 is 2.84 bits per heavy atom. The third-order valence-electron chi connectivity index (χ3n) is 2.28. The van der Waals surface area contributed by atoms with Gasteiger partial charge in [0.25, 0.3) is 10.0 Å². The summed E-state index contributed by atoms with van der Waals surface area (Å²) in [5.41, 5.74) is 0. The lowest BCUT2D eigenvalue weighted by molar-refractivity contribution is 0.399. The van der Waals surface area contributed by atoms with Gasteiger partial charge in [-0.3, -0.25) is 0 Å². The molecule has 0 aliphatic carbocycles. The Bertz CT molecular complexity index is 605. The highest BCUT2D eigenvalue weighted by Gasteiger charge is 2.19. The molecule has 0 spiro atoms. The molecule has 0 saturated carbocycles. The highest BCUT2D eigenvalue weighted by Crippen LogP contribution is 2.13. The average molecular weight is 286 g/mol. The first-order chi connectivity index (χ1) is 9.12. The molecule has 2 rings (SSSR count). The second kappa shape index (κ2) is 5.95. The molecule has 0 radical (unpaired) electrons. The minimum Gasteiger partial charge on any atom is -0.447 e. The van der Waals surface area contributed by atoms with Gasteiger partial charge in [-0.05, 0) is 18.7 Å². The number of nitrogens with zero attached hydrogens (tertiary/aromatic N) is 2. The van der Waals surface area contributed by atoms with Gasteiger partial charge in [-0.15, -0.1) is 0 Å². The lowest BCUT2D eigenvalue weighted by Gasteiger charge is -2.01. The first kappa shape index (κ1) is 13.7. The fourth-order valence-corrected chi connectivity index (χ4v) is 2.27. The van der Waals surface area contributed by atoms with Crippen molar-refractivity contribution in [1.82, 2.24) is 20.2 Å². The predicted octanol–water partition coefficient (Wildman–Crippen LogP) is 0.251. The number of furan rings is 1. The van der Waals surface area contributed by atoms with E-state index < -0.39 is 10.0 Å². The van der Waals surface area contributed by atoms with Crippen molar-refractivity contribution in [2.45, 2.75) is 25.1 Å². The monoisotopic (exact) mass is 286 g/mol. The van der Waals surface area contributed by atoms with Crippen LogP contribution in [0.15, 0.2) is 32.6 Å². The molecular weight excluding hydrogens is 272 g/mol. The molecule has 104 valence electrons. The minimum absolute atomic E-state index is 0.0535. The lowest BCUT2D eigenvalue weighted by Crippen LogP contribution is -2.23. The van der Waals surface area contributed by atoms with Gasteiger partial charge in [0.05, 0.1) is 13.1 Å². The standard InChI is InChI=1S/C10H14N4O4S/c1-2-11-5-8-3-4-10(18-8)19(15,16)13-6-9-12-7-17-14-9/h3-4,7,11,13H,2,5-6H2,1H3. The zero-order chi connectivity index (χ0) is 13.7. The molecule has 0 fully saturated rings. The van der Waals surface area contributed by atoms with Gasteiger partial charge < -0.3 is 14.3 Å². The van der Waals surface area contributed by atoms with E-state index in [2.05, 4.69) is 24.7 Å². The van der Waals surface area contributed by atoms with Crippen molar-refractivity contribution in [1.29, 1.82) is 0 Å². The number of nitrogens with one attached hydrogen (secondary N) is 2. The Morgan fingerprint density at radius 2 is 2.16 bits per heavy atom. The van der Waals surface area contributed by atoms with Crippen LogP contribution < -0.4 is 10.0 Å². The summed E-state index contributed by atoms with van der Waals surface area (Å²) in [7, 11) is -3.71. The summed E-state index contributed by atoms with van der Waals surface area (Å²) in [6.07, 6.45) is 1.13. The highest BCUT2D eigenvalue weighted by molar-refractivity contribution is 7.89. The van der Waals surface area contributed by atoms with Gasteiger partial charge in [0, 0.05) is 0 Å². The van der Waals surface area contributed by atoms with Crippen molar-refractivity contribution in [2.75, 3.05) is 6.54 Å². The molecule has 8 nitrogen and oxygen atoms in total. The molecule has 0 aliphatic rings. The summed E-state index contributed by atoms with van der Waals surface area (Å²) in [5, 5.41) is 6.41. The maximum Gasteiger partial charge on any atom is 0.274 e. The van der Waals surface area contributed by atoms with Gasteiger partial charge in [0.1, 0.15) is 5.76 Å². The Balaban J connectivity index is 2.00. The van der Waals surface area contributed by atoms with Crippen molar-refractivity contribution >= 4 is 10.0 Å². The molecule has 0 aliphatic heterocycles. The zero-order valence-corrected chi connectivity index (χ0v) is 11.1. The van der Waals surface area contributed by atoms with E-state index in [-0.39, 0.29) is 17.5 Å². The summed E-state index contributed by atoms with van der Waals surface area (Å²) < 4.78 is 35.9. The van der Waals surface area contributed by atoms with Crippen molar-refractivity contribution in [3.63, 3.8) is 0 Å². The van der Waals surface area contributed by atoms with E-state index in [9.17, 15) is 8.42 Å². The fraction of sp³-hybridized carbons (Fsp3) is 0.400. The van der Waals surface area contributed by atoms with E-state index in [1.165, 1.54) is 6.07 Å². The molecular formula is C10H14N4O4S. The summed E-state index contributed by atoms with van der Waals surface area (Å²) >= 11 is 0. The molecule has 2 aromatic heterocycles. The van der Waals surface area contributed by atoms with Crippen LogP contribution in [0.25, 0.3) is 0 Å². The van der Waals surface area contributed by atoms with Crippen LogP contribution in [-0.4, -0.2) is 25.1 Å². The molecule has 2 N–H and O–H groups in total. The van der Waals surface area contributed by atoms with Crippen LogP contribution in [0.5, 0.6) is 0 Å². The topological polar surface area (TPSA) is 110 Å². The van der Waals surface area contributed by atoms with Crippen LogP contribution in [0.2, 0.25) is 0 Å². The molecule has 2 aromatic rings. The number of hydrogen-bond donors (Lipinski definition) is 2. The zero-order valence-electron chi connectivity index (χ0n) is 10.3. The second-order valence-electron chi connectivity index (χ2n) is 3.67. The third-order valence-corrected chi connectivity index (χ3v) is 3.55. The summed E-state index contributed by atoms with van der Waals surface area (Å²) in [6.45, 7) is 3.16. The Labute approximate surface area is 110 Å². The highest BCUT2D eigenvalue weighted by atomic mass is 32.2. The summed E-state index contributed by atoms with van der Waals surface area (Å²) in [5.74, 6) is 0.810. The smallest absolute Gasteiger partial charge is 0.274 e. The van der Waals surface area contributed by atoms with Crippen molar-refractivity contribution in [2.24, 2.45) is 0 Å². The van der Waals surface area contributed by atoms with E-state index in [0.717, 1.165) is 12.9 Å². The van der Waals surface area contributed by atoms with Gasteiger partial charge in [-0.25, -0.2) is 13.1 Å². The number of sulfonamides is 1. The largest absolute Gasteiger partial charge is 0.447 e. The third kappa shape index (κ3) is 3.63. The van der Waals surface area contributed by atoms with Crippen LogP contribution >= 0.6 is 0 Å². The maximum absolute atomic E-state index is 11.9. The van der Waals surface area contributed by atoms with Crippen LogP contribution in [0.3, 0.4) is 0 Å². The van der Waals surface area contributed by atoms with E-state index in [1.807, 2.05) is 6.92 Å². The Kier molecular flexibility index (Phi) is 4.30.